The molecule has 3 aromatic carbocycles. The predicted molar refractivity (Wildman–Crippen MR) is 116 cm³/mol. The van der Waals surface area contributed by atoms with E-state index in [0.29, 0.717) is 11.0 Å². The van der Waals surface area contributed by atoms with Gasteiger partial charge in [0.05, 0.1) is 16.3 Å². The highest BCUT2D eigenvalue weighted by molar-refractivity contribution is 6.09. The number of nitrogens with zero attached hydrogens (tertiary/aromatic N) is 1. The van der Waals surface area contributed by atoms with Crippen LogP contribution in [0.1, 0.15) is 0 Å². The van der Waals surface area contributed by atoms with Crippen LogP contribution in [0.3, 0.4) is 0 Å². The van der Waals surface area contributed by atoms with Crippen molar-refractivity contribution in [2.24, 2.45) is 0 Å². The van der Waals surface area contributed by atoms with Crippen LogP contribution in [-0.2, 0) is 0 Å². The molecule has 0 atom stereocenters. The van der Waals surface area contributed by atoms with Crippen molar-refractivity contribution in [3.63, 3.8) is 0 Å². The van der Waals surface area contributed by atoms with E-state index in [1.807, 2.05) is 72.8 Å². The molecule has 0 aliphatic heterocycles. The molecule has 0 aliphatic rings. The number of hydrogen-bond donors (Lipinski definition) is 0. The Kier molecular flexibility index (Phi) is 3.56. The lowest BCUT2D eigenvalue weighted by Gasteiger charge is -2.08. The Balaban J connectivity index is 2.06. The van der Waals surface area contributed by atoms with E-state index in [1.54, 1.807) is 6.08 Å². The molecule has 0 N–H and O–H groups in total. The number of aromatic nitrogens is 1. The molecule has 0 radical (unpaired) electrons. The lowest BCUT2D eigenvalue weighted by Crippen LogP contribution is -2.26. The van der Waals surface area contributed by atoms with Crippen LogP contribution in [-0.4, -0.2) is 4.57 Å². The van der Waals surface area contributed by atoms with Crippen LogP contribution in [0.2, 0.25) is 0 Å². The highest BCUT2D eigenvalue weighted by atomic mass is 16.4. The van der Waals surface area contributed by atoms with Crippen molar-refractivity contribution in [3.8, 4) is 5.69 Å². The first kappa shape index (κ1) is 16.3. The second-order valence-corrected chi connectivity index (χ2v) is 6.74. The van der Waals surface area contributed by atoms with E-state index in [0.717, 1.165) is 37.9 Å². The van der Waals surface area contributed by atoms with E-state index >= 15 is 0 Å². The summed E-state index contributed by atoms with van der Waals surface area (Å²) in [6.07, 6.45) is 3.70. The molecule has 0 unspecified atom stereocenters. The number of para-hydroxylation sites is 2. The van der Waals surface area contributed by atoms with Crippen LogP contribution >= 0.6 is 0 Å². The summed E-state index contributed by atoms with van der Waals surface area (Å²) in [4.78, 5) is 12.7. The number of allylic oxidation sites excluding steroid dienone is 1. The van der Waals surface area contributed by atoms with E-state index in [2.05, 4.69) is 17.7 Å². The first-order valence-corrected chi connectivity index (χ1v) is 9.06. The highest BCUT2D eigenvalue weighted by Crippen LogP contribution is 2.26. The second kappa shape index (κ2) is 6.10. The van der Waals surface area contributed by atoms with E-state index in [-0.39, 0.29) is 5.63 Å². The number of benzene rings is 3. The van der Waals surface area contributed by atoms with Crippen LogP contribution in [0, 0.1) is 0 Å². The molecule has 5 aromatic rings. The fraction of sp³-hybridized carbons (Fsp3) is 0. The van der Waals surface area contributed by atoms with Crippen LogP contribution in [0.15, 0.2) is 88.6 Å². The van der Waals surface area contributed by atoms with Crippen molar-refractivity contribution in [2.75, 3.05) is 0 Å². The third kappa shape index (κ3) is 2.26. The van der Waals surface area contributed by atoms with Gasteiger partial charge in [-0.3, -0.25) is 0 Å². The van der Waals surface area contributed by atoms with Gasteiger partial charge in [0.25, 0.3) is 0 Å². The van der Waals surface area contributed by atoms with Crippen molar-refractivity contribution in [2.45, 2.75) is 0 Å². The number of hydrogen-bond acceptors (Lipinski definition) is 2. The number of fused-ring (bicyclic) bond motifs is 4. The van der Waals surface area contributed by atoms with Gasteiger partial charge in [-0.15, -0.1) is 0 Å². The maximum Gasteiger partial charge on any atom is 0.344 e. The molecule has 3 heteroatoms. The minimum atomic E-state index is -0.337. The van der Waals surface area contributed by atoms with Gasteiger partial charge in [0, 0.05) is 27.1 Å². The van der Waals surface area contributed by atoms with Gasteiger partial charge in [-0.05, 0) is 36.4 Å². The first-order valence-electron chi connectivity index (χ1n) is 9.06. The Morgan fingerprint density at radius 3 is 2.39 bits per heavy atom. The van der Waals surface area contributed by atoms with Gasteiger partial charge in [0.1, 0.15) is 5.58 Å². The summed E-state index contributed by atoms with van der Waals surface area (Å²) in [6.45, 7) is 8.17. The van der Waals surface area contributed by atoms with Gasteiger partial charge in [-0.1, -0.05) is 55.6 Å². The molecule has 2 heterocycles. The lowest BCUT2D eigenvalue weighted by atomic mass is 10.0. The first-order chi connectivity index (χ1) is 13.7. The Morgan fingerprint density at radius 2 is 1.61 bits per heavy atom. The zero-order valence-corrected chi connectivity index (χ0v) is 15.2. The average Bonchev–Trinajstić information content (AvgIpc) is 2.99. The molecular weight excluding hydrogens is 346 g/mol. The van der Waals surface area contributed by atoms with Crippen molar-refractivity contribution in [1.29, 1.82) is 0 Å². The van der Waals surface area contributed by atoms with Crippen molar-refractivity contribution >= 4 is 45.3 Å². The Bertz CT molecular complexity index is 1550. The maximum absolute atomic E-state index is 12.7. The molecule has 5 rings (SSSR count). The summed E-state index contributed by atoms with van der Waals surface area (Å²) in [5, 5.41) is 5.20. The van der Waals surface area contributed by atoms with Crippen LogP contribution < -0.4 is 16.2 Å². The molecule has 0 saturated heterocycles. The van der Waals surface area contributed by atoms with Gasteiger partial charge in [0.2, 0.25) is 0 Å². The third-order valence-corrected chi connectivity index (χ3v) is 5.14. The second-order valence-electron chi connectivity index (χ2n) is 6.74. The van der Waals surface area contributed by atoms with Gasteiger partial charge < -0.3 is 8.98 Å². The van der Waals surface area contributed by atoms with Crippen LogP contribution in [0.25, 0.3) is 51.0 Å². The van der Waals surface area contributed by atoms with E-state index < -0.39 is 0 Å². The molecule has 0 fully saturated rings. The summed E-state index contributed by atoms with van der Waals surface area (Å²) in [7, 11) is 0. The van der Waals surface area contributed by atoms with Crippen molar-refractivity contribution in [3.05, 3.63) is 100 Å². The fourth-order valence-corrected chi connectivity index (χ4v) is 3.88. The summed E-state index contributed by atoms with van der Waals surface area (Å²) in [6, 6.07) is 21.6. The topological polar surface area (TPSA) is 35.1 Å². The van der Waals surface area contributed by atoms with Crippen LogP contribution in [0.4, 0.5) is 0 Å². The van der Waals surface area contributed by atoms with Crippen molar-refractivity contribution < 1.29 is 4.42 Å². The molecule has 0 bridgehead atoms. The zero-order valence-electron chi connectivity index (χ0n) is 15.2. The van der Waals surface area contributed by atoms with E-state index in [9.17, 15) is 4.79 Å². The Labute approximate surface area is 160 Å². The molecule has 2 aromatic heterocycles. The standard InChI is InChI=1S/C25H17NO2/c1-3-9-22-16(2)19-14-20-18-12-7-8-13-24(18)28-25(27)21(20)15-23(19)26(22)17-10-5-4-6-11-17/h3-15H,1-2H2. The average molecular weight is 363 g/mol. The normalized spacial score (nSPS) is 12.2. The number of rotatable bonds is 2. The van der Waals surface area contributed by atoms with Gasteiger partial charge in [-0.25, -0.2) is 4.79 Å². The minimum absolute atomic E-state index is 0.337. The van der Waals surface area contributed by atoms with Gasteiger partial charge in [0.15, 0.2) is 0 Å². The monoisotopic (exact) mass is 363 g/mol. The Hall–Kier alpha value is -3.85. The smallest absolute Gasteiger partial charge is 0.344 e. The van der Waals surface area contributed by atoms with E-state index in [4.69, 9.17) is 4.42 Å². The molecule has 0 spiro atoms. The predicted octanol–water partition coefficient (Wildman–Crippen LogP) is 4.27. The molecule has 134 valence electrons. The van der Waals surface area contributed by atoms with Gasteiger partial charge in [-0.2, -0.15) is 0 Å². The fourth-order valence-electron chi connectivity index (χ4n) is 3.88. The molecule has 0 saturated carbocycles. The highest BCUT2D eigenvalue weighted by Gasteiger charge is 2.14. The van der Waals surface area contributed by atoms with Crippen molar-refractivity contribution in [1.82, 2.24) is 4.57 Å². The third-order valence-electron chi connectivity index (χ3n) is 5.14. The maximum atomic E-state index is 12.7. The minimum Gasteiger partial charge on any atom is -0.422 e. The molecule has 0 amide bonds. The quantitative estimate of drug-likeness (QED) is 0.347. The molecule has 28 heavy (non-hydrogen) atoms. The summed E-state index contributed by atoms with van der Waals surface area (Å²) >= 11 is 0. The lowest BCUT2D eigenvalue weighted by molar-refractivity contribution is 0.570. The Morgan fingerprint density at radius 1 is 0.857 bits per heavy atom. The largest absolute Gasteiger partial charge is 0.422 e. The summed E-state index contributed by atoms with van der Waals surface area (Å²) in [5.41, 5.74) is 2.17. The van der Waals surface area contributed by atoms with Crippen LogP contribution in [0.5, 0.6) is 0 Å². The van der Waals surface area contributed by atoms with E-state index in [1.165, 1.54) is 0 Å². The molecule has 0 aliphatic carbocycles. The molecular formula is C25H17NO2. The summed E-state index contributed by atoms with van der Waals surface area (Å²) < 4.78 is 7.65. The SMILES string of the molecule is C=CC=c1c(=C)c2cc3c(cc2n1-c1ccccc1)c(=O)oc1ccccc13. The zero-order chi connectivity index (χ0) is 19.3. The molecule has 3 nitrogen and oxygen atoms in total. The summed E-state index contributed by atoms with van der Waals surface area (Å²) in [5.74, 6) is 0. The van der Waals surface area contributed by atoms with Gasteiger partial charge >= 0.3 is 5.63 Å².